The zero-order valence-corrected chi connectivity index (χ0v) is 14.0. The van der Waals surface area contributed by atoms with Gasteiger partial charge in [0, 0.05) is 10.8 Å². The van der Waals surface area contributed by atoms with Gasteiger partial charge in [0.2, 0.25) is 0 Å². The Balaban J connectivity index is 4.92. The molecule has 0 aliphatic heterocycles. The van der Waals surface area contributed by atoms with Crippen LogP contribution in [0.4, 0.5) is 0 Å². The molecule has 0 saturated heterocycles. The summed E-state index contributed by atoms with van der Waals surface area (Å²) in [5, 5.41) is 0. The Kier molecular flexibility index (Phi) is 4.85. The van der Waals surface area contributed by atoms with Gasteiger partial charge in [-0.15, -0.1) is 0 Å². The summed E-state index contributed by atoms with van der Waals surface area (Å²) in [6.07, 6.45) is 0.730. The SMILES string of the molecule is CC(C)(C)OC(C)(C)CC(C)(C)C(=O)C(C)(C)C. The lowest BCUT2D eigenvalue weighted by Gasteiger charge is -2.40. The summed E-state index contributed by atoms with van der Waals surface area (Å²) < 4.78 is 6.07. The number of ether oxygens (including phenoxy) is 1. The molecule has 0 aliphatic carbocycles. The van der Waals surface area contributed by atoms with Crippen LogP contribution in [-0.4, -0.2) is 17.0 Å². The third-order valence-electron chi connectivity index (χ3n) is 2.75. The standard InChI is InChI=1S/C16H32O2/c1-13(2,3)12(17)15(7,8)11-16(9,10)18-14(4,5)6/h11H2,1-10H3. The van der Waals surface area contributed by atoms with E-state index in [1.807, 2.05) is 55.4 Å². The van der Waals surface area contributed by atoms with E-state index >= 15 is 0 Å². The average molecular weight is 256 g/mol. The quantitative estimate of drug-likeness (QED) is 0.734. The van der Waals surface area contributed by atoms with Crippen molar-refractivity contribution in [2.24, 2.45) is 10.8 Å². The van der Waals surface area contributed by atoms with Gasteiger partial charge in [-0.3, -0.25) is 4.79 Å². The van der Waals surface area contributed by atoms with Crippen molar-refractivity contribution in [2.75, 3.05) is 0 Å². The molecule has 0 atom stereocenters. The summed E-state index contributed by atoms with van der Waals surface area (Å²) in [5.41, 5.74) is -1.17. The summed E-state index contributed by atoms with van der Waals surface area (Å²) >= 11 is 0. The van der Waals surface area contributed by atoms with E-state index in [9.17, 15) is 4.79 Å². The van der Waals surface area contributed by atoms with Crippen molar-refractivity contribution in [3.8, 4) is 0 Å². The van der Waals surface area contributed by atoms with E-state index in [1.165, 1.54) is 0 Å². The lowest BCUT2D eigenvalue weighted by molar-refractivity contribution is -0.150. The molecule has 0 heterocycles. The predicted octanol–water partition coefficient (Wildman–Crippen LogP) is 4.61. The number of Topliss-reactive ketones (excluding diaryl/α,β-unsaturated/α-hetero) is 1. The number of ketones is 1. The van der Waals surface area contributed by atoms with Crippen LogP contribution in [-0.2, 0) is 9.53 Å². The minimum absolute atomic E-state index is 0.190. The van der Waals surface area contributed by atoms with Crippen molar-refractivity contribution < 1.29 is 9.53 Å². The average Bonchev–Trinajstić information content (AvgIpc) is 1.93. The largest absolute Gasteiger partial charge is 0.370 e. The molecular formula is C16H32O2. The Morgan fingerprint density at radius 2 is 1.22 bits per heavy atom. The van der Waals surface area contributed by atoms with Crippen LogP contribution in [0.1, 0.15) is 75.7 Å². The van der Waals surface area contributed by atoms with Crippen LogP contribution in [0.25, 0.3) is 0 Å². The van der Waals surface area contributed by atoms with E-state index < -0.39 is 0 Å². The molecular weight excluding hydrogens is 224 g/mol. The van der Waals surface area contributed by atoms with Crippen molar-refractivity contribution in [2.45, 2.75) is 86.9 Å². The van der Waals surface area contributed by atoms with E-state index in [4.69, 9.17) is 4.74 Å². The summed E-state index contributed by atoms with van der Waals surface area (Å²) in [5.74, 6) is 0.292. The highest BCUT2D eigenvalue weighted by Gasteiger charge is 2.41. The molecule has 2 heteroatoms. The van der Waals surface area contributed by atoms with Gasteiger partial charge in [0.15, 0.2) is 0 Å². The van der Waals surface area contributed by atoms with Crippen LogP contribution in [0.3, 0.4) is 0 Å². The third-order valence-corrected chi connectivity index (χ3v) is 2.75. The van der Waals surface area contributed by atoms with Gasteiger partial charge in [0.05, 0.1) is 11.2 Å². The van der Waals surface area contributed by atoms with Crippen LogP contribution in [0.2, 0.25) is 0 Å². The maximum absolute atomic E-state index is 12.5. The summed E-state index contributed by atoms with van der Waals surface area (Å²) in [6.45, 7) is 20.3. The number of carbonyl (C=O) groups excluding carboxylic acids is 1. The maximum Gasteiger partial charge on any atom is 0.143 e. The van der Waals surface area contributed by atoms with E-state index in [1.54, 1.807) is 0 Å². The lowest BCUT2D eigenvalue weighted by Crippen LogP contribution is -2.43. The van der Waals surface area contributed by atoms with Gasteiger partial charge < -0.3 is 4.74 Å². The fraction of sp³-hybridized carbons (Fsp3) is 0.938. The highest BCUT2D eigenvalue weighted by atomic mass is 16.5. The highest BCUT2D eigenvalue weighted by Crippen LogP contribution is 2.38. The number of hydrogen-bond acceptors (Lipinski definition) is 2. The Labute approximate surface area is 113 Å². The summed E-state index contributed by atoms with van der Waals surface area (Å²) in [4.78, 5) is 12.5. The molecule has 0 bridgehead atoms. The predicted molar refractivity (Wildman–Crippen MR) is 77.8 cm³/mol. The minimum atomic E-state index is -0.368. The topological polar surface area (TPSA) is 26.3 Å². The van der Waals surface area contributed by atoms with Gasteiger partial charge >= 0.3 is 0 Å². The van der Waals surface area contributed by atoms with Gasteiger partial charge in [0.25, 0.3) is 0 Å². The van der Waals surface area contributed by atoms with Gasteiger partial charge in [-0.1, -0.05) is 34.6 Å². The molecule has 0 rings (SSSR count). The zero-order valence-electron chi connectivity index (χ0n) is 14.0. The summed E-state index contributed by atoms with van der Waals surface area (Å²) in [6, 6.07) is 0. The number of rotatable bonds is 4. The molecule has 0 saturated carbocycles. The number of carbonyl (C=O) groups is 1. The van der Waals surface area contributed by atoms with Crippen LogP contribution >= 0.6 is 0 Å². The fourth-order valence-electron chi connectivity index (χ4n) is 3.02. The Morgan fingerprint density at radius 3 is 1.50 bits per heavy atom. The van der Waals surface area contributed by atoms with Crippen molar-refractivity contribution in [1.29, 1.82) is 0 Å². The van der Waals surface area contributed by atoms with Crippen molar-refractivity contribution in [3.63, 3.8) is 0 Å². The van der Waals surface area contributed by atoms with Crippen LogP contribution in [0, 0.1) is 10.8 Å². The molecule has 0 radical (unpaired) electrons. The molecule has 18 heavy (non-hydrogen) atoms. The second-order valence-electron chi connectivity index (χ2n) is 8.61. The van der Waals surface area contributed by atoms with E-state index in [0.717, 1.165) is 6.42 Å². The maximum atomic E-state index is 12.5. The molecule has 0 amide bonds. The zero-order chi connectivity index (χ0) is 15.0. The number of hydrogen-bond donors (Lipinski definition) is 0. The van der Waals surface area contributed by atoms with Crippen molar-refractivity contribution in [3.05, 3.63) is 0 Å². The first-order valence-corrected chi connectivity index (χ1v) is 6.82. The molecule has 0 aromatic rings. The normalized spacial score (nSPS) is 14.8. The molecule has 0 aromatic carbocycles. The molecule has 0 fully saturated rings. The van der Waals surface area contributed by atoms with E-state index in [-0.39, 0.29) is 22.0 Å². The first-order chi connectivity index (χ1) is 7.57. The van der Waals surface area contributed by atoms with Crippen molar-refractivity contribution in [1.82, 2.24) is 0 Å². The molecule has 0 N–H and O–H groups in total. The van der Waals surface area contributed by atoms with Crippen LogP contribution < -0.4 is 0 Å². The Hall–Kier alpha value is -0.370. The summed E-state index contributed by atoms with van der Waals surface area (Å²) in [7, 11) is 0. The van der Waals surface area contributed by atoms with E-state index in [0.29, 0.717) is 5.78 Å². The molecule has 108 valence electrons. The van der Waals surface area contributed by atoms with Gasteiger partial charge in [-0.25, -0.2) is 0 Å². The third kappa shape index (κ3) is 5.99. The van der Waals surface area contributed by atoms with E-state index in [2.05, 4.69) is 13.8 Å². The smallest absolute Gasteiger partial charge is 0.143 e. The molecule has 2 nitrogen and oxygen atoms in total. The monoisotopic (exact) mass is 256 g/mol. The van der Waals surface area contributed by atoms with Crippen LogP contribution in [0.5, 0.6) is 0 Å². The van der Waals surface area contributed by atoms with Gasteiger partial charge in [0.1, 0.15) is 5.78 Å². The second-order valence-corrected chi connectivity index (χ2v) is 8.61. The Bertz CT molecular complexity index is 298. The molecule has 0 aromatic heterocycles. The van der Waals surface area contributed by atoms with Gasteiger partial charge in [-0.05, 0) is 41.0 Å². The minimum Gasteiger partial charge on any atom is -0.370 e. The molecule has 0 unspecified atom stereocenters. The van der Waals surface area contributed by atoms with Crippen LogP contribution in [0.15, 0.2) is 0 Å². The molecule has 0 aliphatic rings. The van der Waals surface area contributed by atoms with Gasteiger partial charge in [-0.2, -0.15) is 0 Å². The Morgan fingerprint density at radius 1 is 0.833 bits per heavy atom. The lowest BCUT2D eigenvalue weighted by atomic mass is 9.70. The first-order valence-electron chi connectivity index (χ1n) is 6.82. The fourth-order valence-corrected chi connectivity index (χ4v) is 3.02. The van der Waals surface area contributed by atoms with Crippen molar-refractivity contribution >= 4 is 5.78 Å². The first kappa shape index (κ1) is 17.6. The molecule has 0 spiro atoms. The highest BCUT2D eigenvalue weighted by molar-refractivity contribution is 5.88. The second kappa shape index (κ2) is 4.96.